The molecule has 0 aromatic carbocycles. The molecule has 1 saturated carbocycles. The van der Waals surface area contributed by atoms with Gasteiger partial charge in [-0.25, -0.2) is 9.59 Å². The number of aliphatic hydroxyl groups is 1. The van der Waals surface area contributed by atoms with Crippen molar-refractivity contribution in [1.29, 1.82) is 0 Å². The van der Waals surface area contributed by atoms with E-state index in [1.807, 2.05) is 0 Å². The third kappa shape index (κ3) is 4.37. The first-order valence-corrected chi connectivity index (χ1v) is 7.23. The summed E-state index contributed by atoms with van der Waals surface area (Å²) in [6, 6.07) is -0.418. The number of amides is 2. The van der Waals surface area contributed by atoms with Gasteiger partial charge >= 0.3 is 12.0 Å². The highest BCUT2D eigenvalue weighted by atomic mass is 16.4. The number of hydrogen-bond donors (Lipinski definition) is 3. The van der Waals surface area contributed by atoms with Crippen molar-refractivity contribution in [1.82, 2.24) is 10.2 Å². The fourth-order valence-electron chi connectivity index (χ4n) is 2.63. The van der Waals surface area contributed by atoms with Crippen LogP contribution in [0.2, 0.25) is 0 Å². The average Bonchev–Trinajstić information content (AvgIpc) is 2.35. The molecule has 2 amide bonds. The molecule has 0 aliphatic heterocycles. The fourth-order valence-corrected chi connectivity index (χ4v) is 2.63. The number of rotatable bonds is 5. The minimum absolute atomic E-state index is 0.172. The summed E-state index contributed by atoms with van der Waals surface area (Å²) < 4.78 is 0. The number of nitrogens with zero attached hydrogens (tertiary/aromatic N) is 1. The van der Waals surface area contributed by atoms with Crippen LogP contribution in [0.1, 0.15) is 52.9 Å². The second kappa shape index (κ2) is 6.43. The number of aliphatic carboxylic acids is 1. The molecule has 0 atom stereocenters. The van der Waals surface area contributed by atoms with Crippen LogP contribution in [0.5, 0.6) is 0 Å². The molecule has 0 aromatic rings. The van der Waals surface area contributed by atoms with Crippen LogP contribution in [0, 0.1) is 0 Å². The molecule has 0 aromatic heterocycles. The van der Waals surface area contributed by atoms with Gasteiger partial charge in [0.2, 0.25) is 0 Å². The van der Waals surface area contributed by atoms with Crippen molar-refractivity contribution in [3.63, 3.8) is 0 Å². The van der Waals surface area contributed by atoms with Gasteiger partial charge in [0.15, 0.2) is 0 Å². The third-order valence-corrected chi connectivity index (χ3v) is 3.71. The molecule has 1 fully saturated rings. The second-order valence-corrected chi connectivity index (χ2v) is 6.20. The van der Waals surface area contributed by atoms with Gasteiger partial charge in [-0.15, -0.1) is 0 Å². The summed E-state index contributed by atoms with van der Waals surface area (Å²) in [6.07, 6.45) is 3.56. The van der Waals surface area contributed by atoms with Crippen molar-refractivity contribution in [2.75, 3.05) is 13.1 Å². The lowest BCUT2D eigenvalue weighted by Gasteiger charge is -2.37. The van der Waals surface area contributed by atoms with E-state index >= 15 is 0 Å². The summed E-state index contributed by atoms with van der Waals surface area (Å²) in [7, 11) is 0. The number of hydrogen-bond acceptors (Lipinski definition) is 3. The Kier molecular flexibility index (Phi) is 5.39. The first kappa shape index (κ1) is 16.8. The minimum atomic E-state index is -1.15. The SMILES string of the molecule is CCN(CC(C)(C)O)C(=O)NC1(C(=O)O)CCCCC1. The number of carbonyl (C=O) groups excluding carboxylic acids is 1. The topological polar surface area (TPSA) is 89.9 Å². The van der Waals surface area contributed by atoms with E-state index in [0.717, 1.165) is 19.3 Å². The van der Waals surface area contributed by atoms with E-state index in [4.69, 9.17) is 0 Å². The molecule has 0 unspecified atom stereocenters. The van der Waals surface area contributed by atoms with E-state index in [9.17, 15) is 19.8 Å². The smallest absolute Gasteiger partial charge is 0.329 e. The molecule has 0 heterocycles. The van der Waals surface area contributed by atoms with Crippen LogP contribution in [0.3, 0.4) is 0 Å². The van der Waals surface area contributed by atoms with Gasteiger partial charge in [-0.2, -0.15) is 0 Å². The van der Waals surface area contributed by atoms with E-state index in [-0.39, 0.29) is 6.54 Å². The Bertz CT molecular complexity index is 357. The summed E-state index contributed by atoms with van der Waals surface area (Å²) >= 11 is 0. The van der Waals surface area contributed by atoms with E-state index in [0.29, 0.717) is 19.4 Å². The third-order valence-electron chi connectivity index (χ3n) is 3.71. The lowest BCUT2D eigenvalue weighted by molar-refractivity contribution is -0.146. The molecule has 1 aliphatic rings. The normalized spacial score (nSPS) is 18.4. The predicted molar refractivity (Wildman–Crippen MR) is 75.5 cm³/mol. The molecule has 6 heteroatoms. The molecule has 3 N–H and O–H groups in total. The monoisotopic (exact) mass is 286 g/mol. The zero-order chi connectivity index (χ0) is 15.4. The second-order valence-electron chi connectivity index (χ2n) is 6.20. The van der Waals surface area contributed by atoms with Crippen molar-refractivity contribution in [3.8, 4) is 0 Å². The summed E-state index contributed by atoms with van der Waals surface area (Å²) in [5.74, 6) is -0.968. The molecule has 116 valence electrons. The maximum atomic E-state index is 12.3. The van der Waals surface area contributed by atoms with Crippen LogP contribution in [0.15, 0.2) is 0 Å². The Morgan fingerprint density at radius 1 is 1.25 bits per heavy atom. The zero-order valence-electron chi connectivity index (χ0n) is 12.6. The van der Waals surface area contributed by atoms with Crippen molar-refractivity contribution < 1.29 is 19.8 Å². The first-order chi connectivity index (χ1) is 9.20. The van der Waals surface area contributed by atoms with Crippen molar-refractivity contribution in [3.05, 3.63) is 0 Å². The Labute approximate surface area is 120 Å². The average molecular weight is 286 g/mol. The maximum Gasteiger partial charge on any atom is 0.329 e. The van der Waals surface area contributed by atoms with E-state index in [1.54, 1.807) is 20.8 Å². The summed E-state index contributed by atoms with van der Waals surface area (Å²) in [5, 5.41) is 21.9. The Morgan fingerprint density at radius 3 is 2.20 bits per heavy atom. The standard InChI is InChI=1S/C14H26N2O4/c1-4-16(10-13(2,3)20)12(19)15-14(11(17)18)8-6-5-7-9-14/h20H,4-10H2,1-3H3,(H,15,19)(H,17,18). The Hall–Kier alpha value is -1.30. The Morgan fingerprint density at radius 2 is 1.80 bits per heavy atom. The van der Waals surface area contributed by atoms with Crippen molar-refractivity contribution >= 4 is 12.0 Å². The van der Waals surface area contributed by atoms with Crippen LogP contribution < -0.4 is 5.32 Å². The van der Waals surface area contributed by atoms with E-state index in [1.165, 1.54) is 4.90 Å². The highest BCUT2D eigenvalue weighted by molar-refractivity contribution is 5.86. The summed E-state index contributed by atoms with van der Waals surface area (Å²) in [6.45, 7) is 5.64. The predicted octanol–water partition coefficient (Wildman–Crippen LogP) is 1.58. The lowest BCUT2D eigenvalue weighted by atomic mass is 9.82. The van der Waals surface area contributed by atoms with Crippen molar-refractivity contribution in [2.24, 2.45) is 0 Å². The summed E-state index contributed by atoms with van der Waals surface area (Å²) in [5.41, 5.74) is -2.15. The highest BCUT2D eigenvalue weighted by Crippen LogP contribution is 2.28. The minimum Gasteiger partial charge on any atom is -0.480 e. The molecular weight excluding hydrogens is 260 g/mol. The molecule has 0 radical (unpaired) electrons. The Balaban J connectivity index is 2.77. The quantitative estimate of drug-likeness (QED) is 0.715. The van der Waals surface area contributed by atoms with E-state index in [2.05, 4.69) is 5.32 Å². The lowest BCUT2D eigenvalue weighted by Crippen LogP contribution is -2.59. The van der Waals surface area contributed by atoms with Gasteiger partial charge in [0.05, 0.1) is 12.1 Å². The molecule has 20 heavy (non-hydrogen) atoms. The van der Waals surface area contributed by atoms with Gasteiger partial charge in [0.1, 0.15) is 5.54 Å². The molecule has 6 nitrogen and oxygen atoms in total. The number of carboxylic acids is 1. The largest absolute Gasteiger partial charge is 0.480 e. The molecule has 1 aliphatic carbocycles. The van der Waals surface area contributed by atoms with Gasteiger partial charge < -0.3 is 20.4 Å². The van der Waals surface area contributed by atoms with Gasteiger partial charge in [0, 0.05) is 6.54 Å². The van der Waals surface area contributed by atoms with Crippen LogP contribution in [0.25, 0.3) is 0 Å². The van der Waals surface area contributed by atoms with Crippen LogP contribution >= 0.6 is 0 Å². The van der Waals surface area contributed by atoms with Crippen LogP contribution in [0.4, 0.5) is 4.79 Å². The molecule has 0 spiro atoms. The number of likely N-dealkylation sites (N-methyl/N-ethyl adjacent to an activating group) is 1. The number of urea groups is 1. The number of nitrogens with one attached hydrogen (secondary N) is 1. The highest BCUT2D eigenvalue weighted by Gasteiger charge is 2.42. The molecule has 0 bridgehead atoms. The fraction of sp³-hybridized carbons (Fsp3) is 0.857. The van der Waals surface area contributed by atoms with Gasteiger partial charge in [-0.05, 0) is 33.6 Å². The van der Waals surface area contributed by atoms with Crippen molar-refractivity contribution in [2.45, 2.75) is 64.0 Å². The number of carboxylic acid groups (broad SMARTS) is 1. The summed E-state index contributed by atoms with van der Waals surface area (Å²) in [4.78, 5) is 25.2. The first-order valence-electron chi connectivity index (χ1n) is 7.23. The zero-order valence-corrected chi connectivity index (χ0v) is 12.6. The molecular formula is C14H26N2O4. The van der Waals surface area contributed by atoms with Crippen LogP contribution in [-0.2, 0) is 4.79 Å². The maximum absolute atomic E-state index is 12.3. The van der Waals surface area contributed by atoms with Gasteiger partial charge in [-0.1, -0.05) is 19.3 Å². The van der Waals surface area contributed by atoms with Gasteiger partial charge in [-0.3, -0.25) is 0 Å². The van der Waals surface area contributed by atoms with Crippen LogP contribution in [-0.4, -0.2) is 51.3 Å². The van der Waals surface area contributed by atoms with E-state index < -0.39 is 23.1 Å². The number of carbonyl (C=O) groups is 2. The molecule has 1 rings (SSSR count). The molecule has 0 saturated heterocycles. The van der Waals surface area contributed by atoms with Gasteiger partial charge in [0.25, 0.3) is 0 Å².